The monoisotopic (exact) mass is 296 g/mol. The van der Waals surface area contributed by atoms with E-state index in [1.165, 1.54) is 71.4 Å². The summed E-state index contributed by atoms with van der Waals surface area (Å²) in [6.45, 7) is 12.7. The standard InChI is InChI=1S/C17H36N4/c1-4-20-11-6-9-17(15-18,10-14-20)19(3)16-7-12-21(5-2)13-8-16/h16H,4-15,18H2,1-3H3. The second kappa shape index (κ2) is 7.91. The molecule has 4 heteroatoms. The third-order valence-electron chi connectivity index (χ3n) is 6.14. The zero-order valence-electron chi connectivity index (χ0n) is 14.5. The van der Waals surface area contributed by atoms with Gasteiger partial charge in [0.05, 0.1) is 0 Å². The quantitative estimate of drug-likeness (QED) is 0.836. The van der Waals surface area contributed by atoms with Gasteiger partial charge in [-0.2, -0.15) is 0 Å². The largest absolute Gasteiger partial charge is 0.329 e. The van der Waals surface area contributed by atoms with Gasteiger partial charge < -0.3 is 15.5 Å². The number of piperidine rings is 1. The van der Waals surface area contributed by atoms with Crippen LogP contribution in [-0.2, 0) is 0 Å². The van der Waals surface area contributed by atoms with Crippen molar-refractivity contribution in [2.24, 2.45) is 5.73 Å². The van der Waals surface area contributed by atoms with Crippen molar-refractivity contribution < 1.29 is 0 Å². The van der Waals surface area contributed by atoms with Crippen LogP contribution in [0.25, 0.3) is 0 Å². The van der Waals surface area contributed by atoms with Gasteiger partial charge in [0.25, 0.3) is 0 Å². The Kier molecular flexibility index (Phi) is 6.48. The Morgan fingerprint density at radius 3 is 2.19 bits per heavy atom. The normalized spacial score (nSPS) is 30.7. The predicted molar refractivity (Wildman–Crippen MR) is 90.6 cm³/mol. The number of likely N-dealkylation sites (tertiary alicyclic amines) is 2. The lowest BCUT2D eigenvalue weighted by Gasteiger charge is -2.47. The molecule has 2 fully saturated rings. The van der Waals surface area contributed by atoms with Crippen LogP contribution in [0.1, 0.15) is 46.0 Å². The van der Waals surface area contributed by atoms with Crippen molar-refractivity contribution in [1.29, 1.82) is 0 Å². The Morgan fingerprint density at radius 2 is 1.62 bits per heavy atom. The van der Waals surface area contributed by atoms with Gasteiger partial charge in [0, 0.05) is 18.1 Å². The molecular formula is C17H36N4. The molecule has 2 aliphatic heterocycles. The van der Waals surface area contributed by atoms with Crippen LogP contribution < -0.4 is 5.73 Å². The average Bonchev–Trinajstić information content (AvgIpc) is 2.77. The van der Waals surface area contributed by atoms with Crippen LogP contribution >= 0.6 is 0 Å². The van der Waals surface area contributed by atoms with Gasteiger partial charge in [0.1, 0.15) is 0 Å². The van der Waals surface area contributed by atoms with Gasteiger partial charge in [0.2, 0.25) is 0 Å². The van der Waals surface area contributed by atoms with Crippen LogP contribution in [0.4, 0.5) is 0 Å². The molecule has 2 rings (SSSR count). The second-order valence-corrected chi connectivity index (χ2v) is 6.99. The van der Waals surface area contributed by atoms with Crippen LogP contribution in [0.15, 0.2) is 0 Å². The molecule has 2 heterocycles. The van der Waals surface area contributed by atoms with E-state index in [0.717, 1.165) is 12.6 Å². The maximum absolute atomic E-state index is 6.29. The highest BCUT2D eigenvalue weighted by Gasteiger charge is 2.38. The van der Waals surface area contributed by atoms with E-state index in [1.54, 1.807) is 0 Å². The predicted octanol–water partition coefficient (Wildman–Crippen LogP) is 1.61. The van der Waals surface area contributed by atoms with E-state index in [4.69, 9.17) is 5.73 Å². The van der Waals surface area contributed by atoms with E-state index >= 15 is 0 Å². The summed E-state index contributed by atoms with van der Waals surface area (Å²) in [6, 6.07) is 0.726. The van der Waals surface area contributed by atoms with Gasteiger partial charge >= 0.3 is 0 Å². The van der Waals surface area contributed by atoms with Crippen molar-refractivity contribution in [3.63, 3.8) is 0 Å². The van der Waals surface area contributed by atoms with Crippen LogP contribution in [0.5, 0.6) is 0 Å². The van der Waals surface area contributed by atoms with E-state index in [9.17, 15) is 0 Å². The summed E-state index contributed by atoms with van der Waals surface area (Å²) in [5.41, 5.74) is 6.52. The van der Waals surface area contributed by atoms with Gasteiger partial charge in [-0.15, -0.1) is 0 Å². The molecule has 0 radical (unpaired) electrons. The first-order chi connectivity index (χ1) is 10.1. The van der Waals surface area contributed by atoms with Crippen molar-refractivity contribution in [3.05, 3.63) is 0 Å². The van der Waals surface area contributed by atoms with Crippen LogP contribution in [-0.4, -0.2) is 79.1 Å². The maximum Gasteiger partial charge on any atom is 0.0344 e. The number of nitrogens with zero attached hydrogens (tertiary/aromatic N) is 3. The fraction of sp³-hybridized carbons (Fsp3) is 1.00. The molecule has 4 nitrogen and oxygen atoms in total. The van der Waals surface area contributed by atoms with Gasteiger partial charge in [-0.25, -0.2) is 0 Å². The van der Waals surface area contributed by atoms with Crippen LogP contribution in [0.2, 0.25) is 0 Å². The number of rotatable bonds is 5. The number of nitrogens with two attached hydrogens (primary N) is 1. The topological polar surface area (TPSA) is 35.7 Å². The summed E-state index contributed by atoms with van der Waals surface area (Å²) in [6.07, 6.45) is 6.42. The van der Waals surface area contributed by atoms with Crippen molar-refractivity contribution in [2.45, 2.75) is 57.5 Å². The van der Waals surface area contributed by atoms with Gasteiger partial charge in [0.15, 0.2) is 0 Å². The molecule has 21 heavy (non-hydrogen) atoms. The first kappa shape index (κ1) is 17.2. The molecule has 0 aromatic rings. The van der Waals surface area contributed by atoms with Crippen molar-refractivity contribution in [3.8, 4) is 0 Å². The molecule has 0 aromatic carbocycles. The summed E-state index contributed by atoms with van der Waals surface area (Å²) in [5.74, 6) is 0. The van der Waals surface area contributed by atoms with Gasteiger partial charge in [-0.1, -0.05) is 13.8 Å². The lowest BCUT2D eigenvalue weighted by atomic mass is 9.86. The highest BCUT2D eigenvalue weighted by molar-refractivity contribution is 4.96. The molecule has 0 saturated carbocycles. The Balaban J connectivity index is 1.98. The molecule has 124 valence electrons. The number of hydrogen-bond donors (Lipinski definition) is 1. The first-order valence-corrected chi connectivity index (χ1v) is 9.03. The zero-order chi connectivity index (χ0) is 15.3. The Morgan fingerprint density at radius 1 is 1.00 bits per heavy atom. The third-order valence-corrected chi connectivity index (χ3v) is 6.14. The van der Waals surface area contributed by atoms with Gasteiger partial charge in [-0.3, -0.25) is 4.90 Å². The number of hydrogen-bond acceptors (Lipinski definition) is 4. The minimum Gasteiger partial charge on any atom is -0.329 e. The van der Waals surface area contributed by atoms with Crippen molar-refractivity contribution >= 4 is 0 Å². The molecule has 0 spiro atoms. The molecule has 0 aliphatic carbocycles. The van der Waals surface area contributed by atoms with E-state index in [-0.39, 0.29) is 5.54 Å². The minimum absolute atomic E-state index is 0.239. The maximum atomic E-state index is 6.29. The van der Waals surface area contributed by atoms with Crippen LogP contribution in [0.3, 0.4) is 0 Å². The highest BCUT2D eigenvalue weighted by Crippen LogP contribution is 2.31. The highest BCUT2D eigenvalue weighted by atomic mass is 15.3. The molecule has 0 amide bonds. The molecule has 0 bridgehead atoms. The Hall–Kier alpha value is -0.160. The Labute approximate surface area is 131 Å². The van der Waals surface area contributed by atoms with E-state index in [1.807, 2.05) is 0 Å². The molecular weight excluding hydrogens is 260 g/mol. The first-order valence-electron chi connectivity index (χ1n) is 9.03. The van der Waals surface area contributed by atoms with E-state index < -0.39 is 0 Å². The fourth-order valence-corrected chi connectivity index (χ4v) is 4.26. The zero-order valence-corrected chi connectivity index (χ0v) is 14.5. The molecule has 2 N–H and O–H groups in total. The molecule has 1 unspecified atom stereocenters. The lowest BCUT2D eigenvalue weighted by molar-refractivity contribution is 0.0299. The Bertz CT molecular complexity index is 301. The van der Waals surface area contributed by atoms with Crippen LogP contribution in [0, 0.1) is 0 Å². The summed E-state index contributed by atoms with van der Waals surface area (Å²) < 4.78 is 0. The fourth-order valence-electron chi connectivity index (χ4n) is 4.26. The molecule has 2 saturated heterocycles. The molecule has 1 atom stereocenters. The summed E-state index contributed by atoms with van der Waals surface area (Å²) in [5, 5.41) is 0. The van der Waals surface area contributed by atoms with E-state index in [0.29, 0.717) is 0 Å². The summed E-state index contributed by atoms with van der Waals surface area (Å²) >= 11 is 0. The molecule has 0 aromatic heterocycles. The smallest absolute Gasteiger partial charge is 0.0344 e. The minimum atomic E-state index is 0.239. The van der Waals surface area contributed by atoms with E-state index in [2.05, 4.69) is 35.6 Å². The second-order valence-electron chi connectivity index (χ2n) is 6.99. The molecule has 2 aliphatic rings. The van der Waals surface area contributed by atoms with Crippen molar-refractivity contribution in [2.75, 3.05) is 52.9 Å². The third kappa shape index (κ3) is 3.98. The average molecular weight is 297 g/mol. The summed E-state index contributed by atoms with van der Waals surface area (Å²) in [4.78, 5) is 7.84. The number of likely N-dealkylation sites (N-methyl/N-ethyl adjacent to an activating group) is 1. The SMILES string of the molecule is CCN1CCC(N(C)C2(CN)CCCN(CC)CC2)CC1. The summed E-state index contributed by atoms with van der Waals surface area (Å²) in [7, 11) is 2.35. The lowest BCUT2D eigenvalue weighted by Crippen LogP contribution is -2.58. The van der Waals surface area contributed by atoms with Gasteiger partial charge in [-0.05, 0) is 78.4 Å². The van der Waals surface area contributed by atoms with Crippen molar-refractivity contribution in [1.82, 2.24) is 14.7 Å².